The monoisotopic (exact) mass is 309 g/mol. The molecule has 0 aromatic heterocycles. The van der Waals surface area contributed by atoms with Gasteiger partial charge >= 0.3 is 0 Å². The van der Waals surface area contributed by atoms with Crippen LogP contribution in [-0.4, -0.2) is 13.0 Å². The summed E-state index contributed by atoms with van der Waals surface area (Å²) in [6.07, 6.45) is 0.261. The van der Waals surface area contributed by atoms with Gasteiger partial charge in [0.05, 0.1) is 23.6 Å². The van der Waals surface area contributed by atoms with E-state index in [-0.39, 0.29) is 12.3 Å². The first-order valence-corrected chi connectivity index (χ1v) is 6.72. The molecule has 0 saturated heterocycles. The number of rotatable bonds is 4. The second-order valence-electron chi connectivity index (χ2n) is 4.21. The van der Waals surface area contributed by atoms with E-state index < -0.39 is 0 Å². The molecular weight excluding hydrogens is 297 g/mol. The molecule has 0 saturated carbocycles. The molecule has 0 aliphatic carbocycles. The van der Waals surface area contributed by atoms with Crippen LogP contribution in [0.25, 0.3) is 0 Å². The van der Waals surface area contributed by atoms with Gasteiger partial charge in [-0.1, -0.05) is 35.3 Å². The SMILES string of the molecule is COc1cccc(CC(=O)Nc2ccc(Cl)c(Cl)c2)c1. The Balaban J connectivity index is 2.03. The lowest BCUT2D eigenvalue weighted by Crippen LogP contribution is -2.14. The van der Waals surface area contributed by atoms with Crippen molar-refractivity contribution in [3.63, 3.8) is 0 Å². The van der Waals surface area contributed by atoms with E-state index in [1.165, 1.54) is 0 Å². The summed E-state index contributed by atoms with van der Waals surface area (Å²) in [5, 5.41) is 3.64. The van der Waals surface area contributed by atoms with Crippen LogP contribution in [0.15, 0.2) is 42.5 Å². The van der Waals surface area contributed by atoms with Gasteiger partial charge in [0.15, 0.2) is 0 Å². The predicted octanol–water partition coefficient (Wildman–Crippen LogP) is 4.18. The molecule has 0 aliphatic rings. The minimum atomic E-state index is -0.128. The molecule has 2 aromatic carbocycles. The third kappa shape index (κ3) is 3.89. The number of halogens is 2. The Kier molecular flexibility index (Phi) is 4.88. The maximum absolute atomic E-state index is 11.9. The van der Waals surface area contributed by atoms with Crippen LogP contribution in [0.1, 0.15) is 5.56 Å². The Bertz CT molecular complexity index is 629. The van der Waals surface area contributed by atoms with Crippen molar-refractivity contribution in [1.82, 2.24) is 0 Å². The Hall–Kier alpha value is -1.71. The number of hydrogen-bond acceptors (Lipinski definition) is 2. The molecule has 5 heteroatoms. The largest absolute Gasteiger partial charge is 0.497 e. The molecule has 1 amide bonds. The van der Waals surface area contributed by atoms with E-state index in [4.69, 9.17) is 27.9 Å². The van der Waals surface area contributed by atoms with Crippen molar-refractivity contribution in [2.24, 2.45) is 0 Å². The van der Waals surface area contributed by atoms with Crippen molar-refractivity contribution in [1.29, 1.82) is 0 Å². The zero-order valence-corrected chi connectivity index (χ0v) is 12.3. The van der Waals surface area contributed by atoms with Gasteiger partial charge in [-0.05, 0) is 35.9 Å². The van der Waals surface area contributed by atoms with Gasteiger partial charge in [0.2, 0.25) is 5.91 Å². The predicted molar refractivity (Wildman–Crippen MR) is 81.8 cm³/mol. The van der Waals surface area contributed by atoms with Gasteiger partial charge in [0.1, 0.15) is 5.75 Å². The van der Waals surface area contributed by atoms with Crippen LogP contribution >= 0.6 is 23.2 Å². The molecule has 104 valence electrons. The number of anilines is 1. The Morgan fingerprint density at radius 1 is 1.15 bits per heavy atom. The smallest absolute Gasteiger partial charge is 0.228 e. The van der Waals surface area contributed by atoms with E-state index in [2.05, 4.69) is 5.32 Å². The lowest BCUT2D eigenvalue weighted by Gasteiger charge is -2.07. The fraction of sp³-hybridized carbons (Fsp3) is 0.133. The molecule has 20 heavy (non-hydrogen) atoms. The molecule has 0 radical (unpaired) electrons. The van der Waals surface area contributed by atoms with Gasteiger partial charge in [-0.2, -0.15) is 0 Å². The fourth-order valence-electron chi connectivity index (χ4n) is 1.75. The van der Waals surface area contributed by atoms with Crippen molar-refractivity contribution in [2.75, 3.05) is 12.4 Å². The third-order valence-electron chi connectivity index (χ3n) is 2.70. The molecule has 0 unspecified atom stereocenters. The summed E-state index contributed by atoms with van der Waals surface area (Å²) in [7, 11) is 1.59. The number of ether oxygens (including phenoxy) is 1. The highest BCUT2D eigenvalue weighted by Gasteiger charge is 2.06. The summed E-state index contributed by atoms with van der Waals surface area (Å²) >= 11 is 11.7. The molecular formula is C15H13Cl2NO2. The van der Waals surface area contributed by atoms with Gasteiger partial charge in [-0.3, -0.25) is 4.79 Å². The Morgan fingerprint density at radius 2 is 1.95 bits per heavy atom. The van der Waals surface area contributed by atoms with Crippen LogP contribution in [0.5, 0.6) is 5.75 Å². The summed E-state index contributed by atoms with van der Waals surface area (Å²) in [4.78, 5) is 11.9. The average molecular weight is 310 g/mol. The zero-order valence-electron chi connectivity index (χ0n) is 10.8. The molecule has 2 rings (SSSR count). The fourth-order valence-corrected chi connectivity index (χ4v) is 2.04. The molecule has 0 bridgehead atoms. The van der Waals surface area contributed by atoms with E-state index in [1.54, 1.807) is 25.3 Å². The lowest BCUT2D eigenvalue weighted by atomic mass is 10.1. The molecule has 0 fully saturated rings. The van der Waals surface area contributed by atoms with Crippen molar-refractivity contribution < 1.29 is 9.53 Å². The van der Waals surface area contributed by atoms with E-state index in [1.807, 2.05) is 24.3 Å². The van der Waals surface area contributed by atoms with E-state index in [0.717, 1.165) is 11.3 Å². The number of nitrogens with one attached hydrogen (secondary N) is 1. The van der Waals surface area contributed by atoms with Crippen molar-refractivity contribution >= 4 is 34.8 Å². The first-order valence-electron chi connectivity index (χ1n) is 5.96. The van der Waals surface area contributed by atoms with Gasteiger partial charge in [-0.25, -0.2) is 0 Å². The lowest BCUT2D eigenvalue weighted by molar-refractivity contribution is -0.115. The first kappa shape index (κ1) is 14.7. The van der Waals surface area contributed by atoms with Crippen LogP contribution in [0, 0.1) is 0 Å². The molecule has 1 N–H and O–H groups in total. The van der Waals surface area contributed by atoms with Crippen molar-refractivity contribution in [2.45, 2.75) is 6.42 Å². The summed E-state index contributed by atoms with van der Waals surface area (Å²) < 4.78 is 5.12. The number of carbonyl (C=O) groups is 1. The van der Waals surface area contributed by atoms with E-state index >= 15 is 0 Å². The van der Waals surface area contributed by atoms with Crippen LogP contribution in [0.2, 0.25) is 10.0 Å². The second kappa shape index (κ2) is 6.64. The van der Waals surface area contributed by atoms with Gasteiger partial charge < -0.3 is 10.1 Å². The number of methoxy groups -OCH3 is 1. The molecule has 0 spiro atoms. The number of benzene rings is 2. The number of carbonyl (C=O) groups excluding carboxylic acids is 1. The van der Waals surface area contributed by atoms with Crippen LogP contribution in [0.4, 0.5) is 5.69 Å². The Morgan fingerprint density at radius 3 is 2.65 bits per heavy atom. The van der Waals surface area contributed by atoms with Gasteiger partial charge in [0.25, 0.3) is 0 Å². The standard InChI is InChI=1S/C15H13Cl2NO2/c1-20-12-4-2-3-10(7-12)8-15(19)18-11-5-6-13(16)14(17)9-11/h2-7,9H,8H2,1H3,(H,18,19). The van der Waals surface area contributed by atoms with Crippen LogP contribution in [0.3, 0.4) is 0 Å². The molecule has 2 aromatic rings. The van der Waals surface area contributed by atoms with E-state index in [0.29, 0.717) is 15.7 Å². The maximum Gasteiger partial charge on any atom is 0.228 e. The van der Waals surface area contributed by atoms with Crippen molar-refractivity contribution in [3.05, 3.63) is 58.1 Å². The minimum Gasteiger partial charge on any atom is -0.497 e. The normalized spacial score (nSPS) is 10.2. The van der Waals surface area contributed by atoms with Gasteiger partial charge in [0, 0.05) is 5.69 Å². The summed E-state index contributed by atoms with van der Waals surface area (Å²) in [6, 6.07) is 12.3. The Labute approximate surface area is 127 Å². The highest BCUT2D eigenvalue weighted by atomic mass is 35.5. The highest BCUT2D eigenvalue weighted by molar-refractivity contribution is 6.42. The quantitative estimate of drug-likeness (QED) is 0.920. The number of amides is 1. The average Bonchev–Trinajstić information content (AvgIpc) is 2.43. The van der Waals surface area contributed by atoms with Crippen LogP contribution in [-0.2, 0) is 11.2 Å². The maximum atomic E-state index is 11.9. The first-order chi connectivity index (χ1) is 9.58. The topological polar surface area (TPSA) is 38.3 Å². The minimum absolute atomic E-state index is 0.128. The van der Waals surface area contributed by atoms with Crippen molar-refractivity contribution in [3.8, 4) is 5.75 Å². The molecule has 0 aliphatic heterocycles. The highest BCUT2D eigenvalue weighted by Crippen LogP contribution is 2.25. The zero-order chi connectivity index (χ0) is 14.5. The summed E-state index contributed by atoms with van der Waals surface area (Å²) in [5.41, 5.74) is 1.49. The van der Waals surface area contributed by atoms with Gasteiger partial charge in [-0.15, -0.1) is 0 Å². The number of hydrogen-bond donors (Lipinski definition) is 1. The molecule has 0 heterocycles. The summed E-state index contributed by atoms with van der Waals surface area (Å²) in [5.74, 6) is 0.599. The summed E-state index contributed by atoms with van der Waals surface area (Å²) in [6.45, 7) is 0. The molecule has 0 atom stereocenters. The van der Waals surface area contributed by atoms with Crippen LogP contribution < -0.4 is 10.1 Å². The molecule has 3 nitrogen and oxygen atoms in total. The second-order valence-corrected chi connectivity index (χ2v) is 5.02. The van der Waals surface area contributed by atoms with E-state index in [9.17, 15) is 4.79 Å². The third-order valence-corrected chi connectivity index (χ3v) is 3.44.